The molecule has 0 fully saturated rings. The maximum atomic E-state index is 13.1. The number of nitrogens with zero attached hydrogens (tertiary/aromatic N) is 2. The second-order valence-electron chi connectivity index (χ2n) is 5.97. The van der Waals surface area contributed by atoms with Crippen molar-refractivity contribution in [3.8, 4) is 0 Å². The molecule has 0 spiro atoms. The van der Waals surface area contributed by atoms with Crippen molar-refractivity contribution >= 4 is 22.5 Å². The quantitative estimate of drug-likeness (QED) is 0.794. The molecule has 0 bridgehead atoms. The monoisotopic (exact) mass is 339 g/mol. The molecule has 0 aliphatic rings. The number of hydrogen-bond acceptors (Lipinski definition) is 3. The molecular formula is C19H18FN3O2. The molecule has 0 saturated carbocycles. The van der Waals surface area contributed by atoms with Gasteiger partial charge in [0.25, 0.3) is 5.56 Å². The third-order valence-corrected chi connectivity index (χ3v) is 4.10. The Bertz CT molecular complexity index is 1010. The van der Waals surface area contributed by atoms with E-state index in [2.05, 4.69) is 10.3 Å². The van der Waals surface area contributed by atoms with Crippen molar-refractivity contribution < 1.29 is 9.18 Å². The normalized spacial score (nSPS) is 10.8. The fraction of sp³-hybridized carbons (Fsp3) is 0.211. The molecule has 0 unspecified atom stereocenters. The Morgan fingerprint density at radius 1 is 1.20 bits per heavy atom. The van der Waals surface area contributed by atoms with E-state index in [1.54, 1.807) is 13.0 Å². The number of hydrogen-bond donors (Lipinski definition) is 1. The van der Waals surface area contributed by atoms with E-state index in [-0.39, 0.29) is 30.2 Å². The highest BCUT2D eigenvalue weighted by atomic mass is 19.1. The molecule has 0 aliphatic carbocycles. The predicted molar refractivity (Wildman–Crippen MR) is 95.1 cm³/mol. The Morgan fingerprint density at radius 3 is 2.76 bits per heavy atom. The zero-order valence-electron chi connectivity index (χ0n) is 14.0. The summed E-state index contributed by atoms with van der Waals surface area (Å²) in [5.41, 5.74) is 2.65. The molecule has 1 aromatic heterocycles. The zero-order valence-corrected chi connectivity index (χ0v) is 14.0. The smallest absolute Gasteiger partial charge is 0.261 e. The third-order valence-electron chi connectivity index (χ3n) is 4.10. The van der Waals surface area contributed by atoms with Crippen molar-refractivity contribution in [1.82, 2.24) is 9.55 Å². The maximum absolute atomic E-state index is 13.1. The molecule has 5 nitrogen and oxygen atoms in total. The number of para-hydroxylation sites is 1. The Kier molecular flexibility index (Phi) is 4.61. The van der Waals surface area contributed by atoms with Crippen molar-refractivity contribution in [2.45, 2.75) is 26.8 Å². The van der Waals surface area contributed by atoms with Gasteiger partial charge in [0.1, 0.15) is 5.82 Å². The van der Waals surface area contributed by atoms with Crippen LogP contribution in [-0.2, 0) is 11.3 Å². The number of anilines is 1. The van der Waals surface area contributed by atoms with Crippen LogP contribution in [0.2, 0.25) is 0 Å². The van der Waals surface area contributed by atoms with Gasteiger partial charge >= 0.3 is 0 Å². The number of carbonyl (C=O) groups is 1. The number of aryl methyl sites for hydroxylation is 3. The number of amides is 1. The van der Waals surface area contributed by atoms with E-state index in [0.717, 1.165) is 5.56 Å². The van der Waals surface area contributed by atoms with Crippen molar-refractivity contribution in [2.75, 3.05) is 5.32 Å². The highest BCUT2D eigenvalue weighted by molar-refractivity contribution is 5.91. The Balaban J connectivity index is 1.73. The van der Waals surface area contributed by atoms with E-state index >= 15 is 0 Å². The fourth-order valence-corrected chi connectivity index (χ4v) is 2.70. The van der Waals surface area contributed by atoms with Gasteiger partial charge in [-0.2, -0.15) is 0 Å². The molecule has 25 heavy (non-hydrogen) atoms. The predicted octanol–water partition coefficient (Wildman–Crippen LogP) is 3.18. The molecule has 128 valence electrons. The fourth-order valence-electron chi connectivity index (χ4n) is 2.70. The van der Waals surface area contributed by atoms with Crippen LogP contribution in [0.3, 0.4) is 0 Å². The van der Waals surface area contributed by atoms with Crippen molar-refractivity contribution in [2.24, 2.45) is 0 Å². The summed E-state index contributed by atoms with van der Waals surface area (Å²) < 4.78 is 14.5. The average molecular weight is 339 g/mol. The average Bonchev–Trinajstić information content (AvgIpc) is 2.57. The van der Waals surface area contributed by atoms with Gasteiger partial charge in [-0.25, -0.2) is 9.37 Å². The van der Waals surface area contributed by atoms with Gasteiger partial charge < -0.3 is 5.32 Å². The summed E-state index contributed by atoms with van der Waals surface area (Å²) >= 11 is 0. The first-order valence-corrected chi connectivity index (χ1v) is 7.96. The van der Waals surface area contributed by atoms with E-state index in [1.807, 2.05) is 19.1 Å². The van der Waals surface area contributed by atoms with Gasteiger partial charge in [0, 0.05) is 18.7 Å². The van der Waals surface area contributed by atoms with Crippen LogP contribution in [0.4, 0.5) is 10.1 Å². The summed E-state index contributed by atoms with van der Waals surface area (Å²) in [5, 5.41) is 3.27. The lowest BCUT2D eigenvalue weighted by molar-refractivity contribution is -0.116. The van der Waals surface area contributed by atoms with E-state index in [4.69, 9.17) is 0 Å². The van der Waals surface area contributed by atoms with Crippen molar-refractivity contribution in [3.05, 3.63) is 70.0 Å². The first-order valence-electron chi connectivity index (χ1n) is 7.96. The summed E-state index contributed by atoms with van der Waals surface area (Å²) in [5.74, 6) is -0.592. The van der Waals surface area contributed by atoms with Gasteiger partial charge in [0.2, 0.25) is 5.91 Å². The lowest BCUT2D eigenvalue weighted by Crippen LogP contribution is -2.24. The van der Waals surface area contributed by atoms with Gasteiger partial charge in [-0.05, 0) is 49.2 Å². The number of benzene rings is 2. The van der Waals surface area contributed by atoms with Gasteiger partial charge in [-0.15, -0.1) is 0 Å². The molecule has 0 saturated heterocycles. The van der Waals surface area contributed by atoms with Crippen LogP contribution in [0, 0.1) is 19.7 Å². The number of nitrogens with one attached hydrogen (secondary N) is 1. The first-order chi connectivity index (χ1) is 12.0. The first kappa shape index (κ1) is 16.8. The minimum atomic E-state index is -0.348. The van der Waals surface area contributed by atoms with Gasteiger partial charge in [-0.3, -0.25) is 14.2 Å². The highest BCUT2D eigenvalue weighted by Crippen LogP contribution is 2.16. The van der Waals surface area contributed by atoms with Crippen molar-refractivity contribution in [3.63, 3.8) is 0 Å². The van der Waals surface area contributed by atoms with Crippen molar-refractivity contribution in [1.29, 1.82) is 0 Å². The van der Waals surface area contributed by atoms with E-state index in [1.165, 1.54) is 29.1 Å². The molecular weight excluding hydrogens is 321 g/mol. The SMILES string of the molecule is Cc1cc(F)ccc1NC(=O)CCn1cnc2c(C)cccc2c1=O. The van der Waals surface area contributed by atoms with Gasteiger partial charge in [0.15, 0.2) is 0 Å². The molecule has 3 rings (SSSR count). The lowest BCUT2D eigenvalue weighted by Gasteiger charge is -2.10. The van der Waals surface area contributed by atoms with Crippen LogP contribution in [0.5, 0.6) is 0 Å². The molecule has 1 amide bonds. The number of halogens is 1. The Hall–Kier alpha value is -3.02. The number of fused-ring (bicyclic) bond motifs is 1. The summed E-state index contributed by atoms with van der Waals surface area (Å²) in [6.07, 6.45) is 1.59. The summed E-state index contributed by atoms with van der Waals surface area (Å²) in [7, 11) is 0. The lowest BCUT2D eigenvalue weighted by atomic mass is 10.1. The van der Waals surface area contributed by atoms with Gasteiger partial charge in [-0.1, -0.05) is 12.1 Å². The number of carbonyl (C=O) groups excluding carboxylic acids is 1. The minimum absolute atomic E-state index is 0.121. The second-order valence-corrected chi connectivity index (χ2v) is 5.97. The molecule has 1 heterocycles. The van der Waals surface area contributed by atoms with Crippen LogP contribution in [0.15, 0.2) is 47.5 Å². The Morgan fingerprint density at radius 2 is 2.00 bits per heavy atom. The highest BCUT2D eigenvalue weighted by Gasteiger charge is 2.09. The number of rotatable bonds is 4. The number of aromatic nitrogens is 2. The molecule has 0 aliphatic heterocycles. The van der Waals surface area contributed by atoms with Crippen LogP contribution >= 0.6 is 0 Å². The van der Waals surface area contributed by atoms with Crippen LogP contribution in [0.1, 0.15) is 17.5 Å². The summed E-state index contributed by atoms with van der Waals surface area (Å²) in [4.78, 5) is 28.9. The zero-order chi connectivity index (χ0) is 18.0. The maximum Gasteiger partial charge on any atom is 0.261 e. The molecule has 1 N–H and O–H groups in total. The molecule has 0 radical (unpaired) electrons. The molecule has 0 atom stereocenters. The van der Waals surface area contributed by atoms with E-state index in [9.17, 15) is 14.0 Å². The topological polar surface area (TPSA) is 64.0 Å². The van der Waals surface area contributed by atoms with E-state index < -0.39 is 0 Å². The third kappa shape index (κ3) is 3.57. The molecule has 6 heteroatoms. The molecule has 3 aromatic rings. The van der Waals surface area contributed by atoms with Crippen LogP contribution in [-0.4, -0.2) is 15.5 Å². The van der Waals surface area contributed by atoms with Gasteiger partial charge in [0.05, 0.1) is 17.2 Å². The minimum Gasteiger partial charge on any atom is -0.326 e. The summed E-state index contributed by atoms with van der Waals surface area (Å²) in [6.45, 7) is 3.85. The van der Waals surface area contributed by atoms with Crippen LogP contribution < -0.4 is 10.9 Å². The molecule has 2 aromatic carbocycles. The Labute approximate surface area is 144 Å². The van der Waals surface area contributed by atoms with Crippen LogP contribution in [0.25, 0.3) is 10.9 Å². The van der Waals surface area contributed by atoms with E-state index in [0.29, 0.717) is 22.2 Å². The summed E-state index contributed by atoms with van der Waals surface area (Å²) in [6, 6.07) is 9.62. The standard InChI is InChI=1S/C19H18FN3O2/c1-12-4-3-5-15-18(12)21-11-23(19(15)25)9-8-17(24)22-16-7-6-14(20)10-13(16)2/h3-7,10-11H,8-9H2,1-2H3,(H,22,24). The largest absolute Gasteiger partial charge is 0.326 e. The second kappa shape index (κ2) is 6.84.